The molecule has 0 amide bonds. The van der Waals surface area contributed by atoms with E-state index in [4.69, 9.17) is 9.15 Å². The quantitative estimate of drug-likeness (QED) is 0.662. The van der Waals surface area contributed by atoms with Gasteiger partial charge < -0.3 is 19.4 Å². The molecule has 1 aromatic carbocycles. The van der Waals surface area contributed by atoms with Crippen molar-refractivity contribution in [1.29, 1.82) is 0 Å². The van der Waals surface area contributed by atoms with Crippen LogP contribution < -0.4 is 5.32 Å². The highest BCUT2D eigenvalue weighted by Gasteiger charge is 2.27. The molecule has 0 saturated carbocycles. The summed E-state index contributed by atoms with van der Waals surface area (Å²) in [6.07, 6.45) is 1.22. The molecule has 27 heavy (non-hydrogen) atoms. The Morgan fingerprint density at radius 3 is 2.81 bits per heavy atom. The highest BCUT2D eigenvalue weighted by Crippen LogP contribution is 2.25. The maximum Gasteiger partial charge on any atom is 0.194 e. The van der Waals surface area contributed by atoms with Gasteiger partial charge in [-0.2, -0.15) is 0 Å². The Labute approximate surface area is 161 Å². The fraction of sp³-hybridized carbons (Fsp3) is 0.571. The van der Waals surface area contributed by atoms with Crippen LogP contribution >= 0.6 is 0 Å². The number of aliphatic imine (C=N–C) groups is 1. The molecule has 3 heterocycles. The summed E-state index contributed by atoms with van der Waals surface area (Å²) >= 11 is 0. The van der Waals surface area contributed by atoms with Gasteiger partial charge in [0.05, 0.1) is 19.8 Å². The van der Waals surface area contributed by atoms with Crippen LogP contribution in [0.1, 0.15) is 17.7 Å². The van der Waals surface area contributed by atoms with Crippen molar-refractivity contribution in [3.8, 4) is 0 Å². The molecule has 0 spiro atoms. The Kier molecular flexibility index (Phi) is 5.64. The van der Waals surface area contributed by atoms with Crippen LogP contribution in [-0.4, -0.2) is 68.7 Å². The molecule has 2 aromatic rings. The SMILES string of the molecule is CN=C(NCc1oc2ccccc2c1C)N1CCC(CN2CCOCC2)C1. The fourth-order valence-electron chi connectivity index (χ4n) is 4.21. The number of ether oxygens (including phenoxy) is 1. The van der Waals surface area contributed by atoms with Crippen LogP contribution in [0.2, 0.25) is 0 Å². The molecule has 1 unspecified atom stereocenters. The predicted octanol–water partition coefficient (Wildman–Crippen LogP) is 2.47. The first-order chi connectivity index (χ1) is 13.2. The molecule has 1 atom stereocenters. The van der Waals surface area contributed by atoms with Gasteiger partial charge in [0, 0.05) is 50.7 Å². The van der Waals surface area contributed by atoms with Gasteiger partial charge in [-0.05, 0) is 25.3 Å². The minimum atomic E-state index is 0.665. The van der Waals surface area contributed by atoms with E-state index >= 15 is 0 Å². The summed E-state index contributed by atoms with van der Waals surface area (Å²) in [6.45, 7) is 9.96. The Balaban J connectivity index is 1.33. The third-order valence-corrected chi connectivity index (χ3v) is 5.77. The summed E-state index contributed by atoms with van der Waals surface area (Å²) in [5.41, 5.74) is 2.16. The topological polar surface area (TPSA) is 53.2 Å². The Bertz CT molecular complexity index is 795. The maximum absolute atomic E-state index is 6.02. The van der Waals surface area contributed by atoms with Crippen LogP contribution in [0, 0.1) is 12.8 Å². The normalized spacial score (nSPS) is 21.9. The van der Waals surface area contributed by atoms with Gasteiger partial charge in [-0.1, -0.05) is 18.2 Å². The van der Waals surface area contributed by atoms with Crippen LogP contribution in [0.15, 0.2) is 33.7 Å². The van der Waals surface area contributed by atoms with Gasteiger partial charge in [0.2, 0.25) is 0 Å². The smallest absolute Gasteiger partial charge is 0.194 e. The van der Waals surface area contributed by atoms with E-state index < -0.39 is 0 Å². The van der Waals surface area contributed by atoms with E-state index in [1.165, 1.54) is 23.9 Å². The zero-order chi connectivity index (χ0) is 18.6. The predicted molar refractivity (Wildman–Crippen MR) is 108 cm³/mol. The molecule has 0 radical (unpaired) electrons. The molecule has 1 aromatic heterocycles. The summed E-state index contributed by atoms with van der Waals surface area (Å²) in [5, 5.41) is 4.69. The van der Waals surface area contributed by atoms with E-state index in [0.717, 1.165) is 56.7 Å². The number of furan rings is 1. The molecule has 4 rings (SSSR count). The lowest BCUT2D eigenvalue weighted by Gasteiger charge is -2.29. The van der Waals surface area contributed by atoms with E-state index in [9.17, 15) is 0 Å². The Morgan fingerprint density at radius 1 is 1.22 bits per heavy atom. The molecule has 2 saturated heterocycles. The summed E-state index contributed by atoms with van der Waals surface area (Å²) < 4.78 is 11.5. The number of benzene rings is 1. The first-order valence-electron chi connectivity index (χ1n) is 9.97. The van der Waals surface area contributed by atoms with Gasteiger partial charge in [0.25, 0.3) is 0 Å². The molecule has 2 fully saturated rings. The van der Waals surface area contributed by atoms with Crippen molar-refractivity contribution < 1.29 is 9.15 Å². The second-order valence-corrected chi connectivity index (χ2v) is 7.56. The average Bonchev–Trinajstić information content (AvgIpc) is 3.28. The van der Waals surface area contributed by atoms with Crippen LogP contribution in [-0.2, 0) is 11.3 Å². The first kappa shape index (κ1) is 18.3. The highest BCUT2D eigenvalue weighted by molar-refractivity contribution is 5.83. The number of nitrogens with one attached hydrogen (secondary N) is 1. The van der Waals surface area contributed by atoms with Crippen LogP contribution in [0.5, 0.6) is 0 Å². The number of guanidine groups is 1. The van der Waals surface area contributed by atoms with Crippen molar-refractivity contribution in [2.75, 3.05) is 53.0 Å². The summed E-state index contributed by atoms with van der Waals surface area (Å²) in [5.74, 6) is 2.66. The second-order valence-electron chi connectivity index (χ2n) is 7.56. The van der Waals surface area contributed by atoms with Gasteiger partial charge in [-0.3, -0.25) is 9.89 Å². The Hall–Kier alpha value is -2.05. The number of rotatable bonds is 4. The largest absolute Gasteiger partial charge is 0.459 e. The molecule has 6 nitrogen and oxygen atoms in total. The molecule has 146 valence electrons. The van der Waals surface area contributed by atoms with Gasteiger partial charge in [0.15, 0.2) is 5.96 Å². The van der Waals surface area contributed by atoms with E-state index in [-0.39, 0.29) is 0 Å². The van der Waals surface area contributed by atoms with Gasteiger partial charge in [-0.15, -0.1) is 0 Å². The number of para-hydroxylation sites is 1. The zero-order valence-electron chi connectivity index (χ0n) is 16.4. The summed E-state index contributed by atoms with van der Waals surface area (Å²) in [7, 11) is 1.86. The molecule has 0 bridgehead atoms. The average molecular weight is 370 g/mol. The number of aryl methyl sites for hydroxylation is 1. The Morgan fingerprint density at radius 2 is 2.04 bits per heavy atom. The second kappa shape index (κ2) is 8.31. The maximum atomic E-state index is 6.02. The third-order valence-electron chi connectivity index (χ3n) is 5.77. The standard InChI is InChI=1S/C21H30N4O2/c1-16-18-5-3-4-6-19(18)27-20(16)13-23-21(22-2)25-8-7-17(15-25)14-24-9-11-26-12-10-24/h3-6,17H,7-15H2,1-2H3,(H,22,23). The number of hydrogen-bond acceptors (Lipinski definition) is 4. The summed E-state index contributed by atoms with van der Waals surface area (Å²) in [6, 6.07) is 8.21. The number of nitrogens with zero attached hydrogens (tertiary/aromatic N) is 3. The van der Waals surface area contributed by atoms with Gasteiger partial charge in [-0.25, -0.2) is 0 Å². The molecule has 2 aliphatic heterocycles. The van der Waals surface area contributed by atoms with Gasteiger partial charge in [0.1, 0.15) is 11.3 Å². The van der Waals surface area contributed by atoms with Crippen molar-refractivity contribution in [3.05, 3.63) is 35.6 Å². The van der Waals surface area contributed by atoms with Gasteiger partial charge >= 0.3 is 0 Å². The molecule has 6 heteroatoms. The molecular weight excluding hydrogens is 340 g/mol. The lowest BCUT2D eigenvalue weighted by molar-refractivity contribution is 0.0315. The number of likely N-dealkylation sites (tertiary alicyclic amines) is 1. The van der Waals surface area contributed by atoms with Crippen LogP contribution in [0.25, 0.3) is 11.0 Å². The van der Waals surface area contributed by atoms with E-state index in [1.54, 1.807) is 0 Å². The lowest BCUT2D eigenvalue weighted by atomic mass is 10.1. The number of morpholine rings is 1. The number of hydrogen-bond donors (Lipinski definition) is 1. The van der Waals surface area contributed by atoms with Crippen molar-refractivity contribution in [2.45, 2.75) is 19.9 Å². The van der Waals surface area contributed by atoms with Crippen LogP contribution in [0.3, 0.4) is 0 Å². The fourth-order valence-corrected chi connectivity index (χ4v) is 4.21. The van der Waals surface area contributed by atoms with E-state index in [0.29, 0.717) is 12.5 Å². The minimum Gasteiger partial charge on any atom is -0.459 e. The summed E-state index contributed by atoms with van der Waals surface area (Å²) in [4.78, 5) is 9.42. The first-order valence-corrected chi connectivity index (χ1v) is 9.97. The van der Waals surface area contributed by atoms with Crippen molar-refractivity contribution in [3.63, 3.8) is 0 Å². The van der Waals surface area contributed by atoms with Crippen molar-refractivity contribution >= 4 is 16.9 Å². The van der Waals surface area contributed by atoms with E-state index in [1.807, 2.05) is 19.2 Å². The number of fused-ring (bicyclic) bond motifs is 1. The van der Waals surface area contributed by atoms with Crippen LogP contribution in [0.4, 0.5) is 0 Å². The highest BCUT2D eigenvalue weighted by atomic mass is 16.5. The monoisotopic (exact) mass is 370 g/mol. The zero-order valence-corrected chi connectivity index (χ0v) is 16.4. The van der Waals surface area contributed by atoms with E-state index in [2.05, 4.69) is 39.2 Å². The molecule has 2 aliphatic rings. The minimum absolute atomic E-state index is 0.665. The van der Waals surface area contributed by atoms with Crippen molar-refractivity contribution in [2.24, 2.45) is 10.9 Å². The molecule has 1 N–H and O–H groups in total. The molecular formula is C21H30N4O2. The molecule has 0 aliphatic carbocycles. The third kappa shape index (κ3) is 4.12. The van der Waals surface area contributed by atoms with Crippen molar-refractivity contribution in [1.82, 2.24) is 15.1 Å². The lowest BCUT2D eigenvalue weighted by Crippen LogP contribution is -2.42.